The molecule has 1 amide bonds. The predicted octanol–water partition coefficient (Wildman–Crippen LogP) is 3.12. The molecule has 1 unspecified atom stereocenters. The van der Waals surface area contributed by atoms with E-state index in [1.54, 1.807) is 0 Å². The Morgan fingerprint density at radius 3 is 2.43 bits per heavy atom. The smallest absolute Gasteiger partial charge is 0.207 e. The number of carbonyl (C=O) groups is 1. The molecule has 0 heterocycles. The van der Waals surface area contributed by atoms with Crippen molar-refractivity contribution in [3.8, 4) is 0 Å². The summed E-state index contributed by atoms with van der Waals surface area (Å²) in [5.74, 6) is 0.665. The van der Waals surface area contributed by atoms with Crippen LogP contribution in [-0.4, -0.2) is 12.5 Å². The molecule has 0 saturated heterocycles. The summed E-state index contributed by atoms with van der Waals surface area (Å²) in [6.45, 7) is 6.62. The standard InChI is InChI=1S/C12H25NO/c1-4-5-6-7-8-12(13-10-14)9-11(2)3/h10-12H,4-9H2,1-3H3,(H,13,14). The molecule has 2 nitrogen and oxygen atoms in total. The van der Waals surface area contributed by atoms with Crippen LogP contribution in [0.1, 0.15) is 59.3 Å². The van der Waals surface area contributed by atoms with Crippen LogP contribution in [0.5, 0.6) is 0 Å². The minimum absolute atomic E-state index is 0.393. The zero-order chi connectivity index (χ0) is 10.8. The number of hydrogen-bond donors (Lipinski definition) is 1. The lowest BCUT2D eigenvalue weighted by molar-refractivity contribution is -0.110. The van der Waals surface area contributed by atoms with Crippen molar-refractivity contribution in [1.29, 1.82) is 0 Å². The van der Waals surface area contributed by atoms with E-state index in [0.717, 1.165) is 19.3 Å². The third-order valence-electron chi connectivity index (χ3n) is 2.47. The molecule has 2 heteroatoms. The molecular weight excluding hydrogens is 174 g/mol. The highest BCUT2D eigenvalue weighted by molar-refractivity contribution is 5.46. The topological polar surface area (TPSA) is 29.1 Å². The van der Waals surface area contributed by atoms with Crippen LogP contribution in [0.3, 0.4) is 0 Å². The van der Waals surface area contributed by atoms with E-state index in [4.69, 9.17) is 0 Å². The van der Waals surface area contributed by atoms with Gasteiger partial charge in [0.05, 0.1) is 0 Å². The SMILES string of the molecule is CCCCCCC(CC(C)C)NC=O. The first-order valence-corrected chi connectivity index (χ1v) is 5.90. The molecule has 0 aromatic carbocycles. The average molecular weight is 199 g/mol. The molecular formula is C12H25NO. The summed E-state index contributed by atoms with van der Waals surface area (Å²) in [5, 5.41) is 2.91. The van der Waals surface area contributed by atoms with Crippen molar-refractivity contribution < 1.29 is 4.79 Å². The summed E-state index contributed by atoms with van der Waals surface area (Å²) in [6.07, 6.45) is 8.21. The predicted molar refractivity (Wildman–Crippen MR) is 61.2 cm³/mol. The fourth-order valence-corrected chi connectivity index (χ4v) is 1.75. The highest BCUT2D eigenvalue weighted by Gasteiger charge is 2.08. The van der Waals surface area contributed by atoms with E-state index in [9.17, 15) is 4.79 Å². The van der Waals surface area contributed by atoms with Crippen LogP contribution in [0.4, 0.5) is 0 Å². The molecule has 0 aliphatic rings. The van der Waals surface area contributed by atoms with Crippen LogP contribution >= 0.6 is 0 Å². The average Bonchev–Trinajstić information content (AvgIpc) is 2.12. The van der Waals surface area contributed by atoms with E-state index < -0.39 is 0 Å². The number of hydrogen-bond acceptors (Lipinski definition) is 1. The maximum atomic E-state index is 10.4. The fourth-order valence-electron chi connectivity index (χ4n) is 1.75. The molecule has 0 spiro atoms. The third kappa shape index (κ3) is 8.09. The molecule has 0 fully saturated rings. The quantitative estimate of drug-likeness (QED) is 0.448. The van der Waals surface area contributed by atoms with Gasteiger partial charge in [-0.1, -0.05) is 46.5 Å². The zero-order valence-electron chi connectivity index (χ0n) is 9.88. The van der Waals surface area contributed by atoms with Gasteiger partial charge in [-0.15, -0.1) is 0 Å². The number of nitrogens with one attached hydrogen (secondary N) is 1. The van der Waals surface area contributed by atoms with E-state index in [1.165, 1.54) is 25.7 Å². The van der Waals surface area contributed by atoms with Crippen molar-refractivity contribution in [1.82, 2.24) is 5.32 Å². The minimum Gasteiger partial charge on any atom is -0.356 e. The largest absolute Gasteiger partial charge is 0.356 e. The first-order valence-electron chi connectivity index (χ1n) is 5.90. The van der Waals surface area contributed by atoms with E-state index >= 15 is 0 Å². The Labute approximate surface area is 88.5 Å². The van der Waals surface area contributed by atoms with Crippen molar-refractivity contribution in [3.05, 3.63) is 0 Å². The van der Waals surface area contributed by atoms with E-state index in [0.29, 0.717) is 12.0 Å². The Morgan fingerprint density at radius 2 is 1.93 bits per heavy atom. The van der Waals surface area contributed by atoms with Crippen LogP contribution < -0.4 is 5.32 Å². The lowest BCUT2D eigenvalue weighted by atomic mass is 9.98. The molecule has 84 valence electrons. The Morgan fingerprint density at radius 1 is 1.21 bits per heavy atom. The molecule has 0 bridgehead atoms. The normalized spacial score (nSPS) is 12.9. The molecule has 0 saturated carbocycles. The van der Waals surface area contributed by atoms with Crippen LogP contribution in [0, 0.1) is 5.92 Å². The maximum Gasteiger partial charge on any atom is 0.207 e. The van der Waals surface area contributed by atoms with Crippen molar-refractivity contribution in [2.24, 2.45) is 5.92 Å². The van der Waals surface area contributed by atoms with Crippen molar-refractivity contribution in [3.63, 3.8) is 0 Å². The maximum absolute atomic E-state index is 10.4. The number of carbonyl (C=O) groups excluding carboxylic acids is 1. The molecule has 0 radical (unpaired) electrons. The van der Waals surface area contributed by atoms with E-state index in [-0.39, 0.29) is 0 Å². The van der Waals surface area contributed by atoms with Gasteiger partial charge >= 0.3 is 0 Å². The lowest BCUT2D eigenvalue weighted by Gasteiger charge is -2.17. The van der Waals surface area contributed by atoms with Gasteiger partial charge in [0, 0.05) is 6.04 Å². The van der Waals surface area contributed by atoms with E-state index in [2.05, 4.69) is 26.1 Å². The molecule has 14 heavy (non-hydrogen) atoms. The molecule has 0 aliphatic heterocycles. The first kappa shape index (κ1) is 13.5. The summed E-state index contributed by atoms with van der Waals surface area (Å²) < 4.78 is 0. The molecule has 1 atom stereocenters. The number of amides is 1. The molecule has 1 N–H and O–H groups in total. The summed E-state index contributed by atoms with van der Waals surface area (Å²) in [7, 11) is 0. The Hall–Kier alpha value is -0.530. The monoisotopic (exact) mass is 199 g/mol. The van der Waals surface area contributed by atoms with Gasteiger partial charge in [-0.3, -0.25) is 4.79 Å². The highest BCUT2D eigenvalue weighted by atomic mass is 16.1. The van der Waals surface area contributed by atoms with Gasteiger partial charge in [-0.05, 0) is 18.8 Å². The second-order valence-corrected chi connectivity index (χ2v) is 4.46. The number of rotatable bonds is 9. The summed E-state index contributed by atoms with van der Waals surface area (Å²) in [4.78, 5) is 10.4. The van der Waals surface area contributed by atoms with Gasteiger partial charge in [-0.25, -0.2) is 0 Å². The Balaban J connectivity index is 3.56. The zero-order valence-corrected chi connectivity index (χ0v) is 9.88. The Bertz CT molecular complexity index is 134. The van der Waals surface area contributed by atoms with Gasteiger partial charge in [-0.2, -0.15) is 0 Å². The third-order valence-corrected chi connectivity index (χ3v) is 2.47. The molecule has 0 aliphatic carbocycles. The van der Waals surface area contributed by atoms with Crippen LogP contribution in [0.15, 0.2) is 0 Å². The summed E-state index contributed by atoms with van der Waals surface area (Å²) in [6, 6.07) is 0.393. The van der Waals surface area contributed by atoms with Crippen LogP contribution in [0.25, 0.3) is 0 Å². The molecule has 0 aromatic rings. The summed E-state index contributed by atoms with van der Waals surface area (Å²) in [5.41, 5.74) is 0. The van der Waals surface area contributed by atoms with Crippen LogP contribution in [-0.2, 0) is 4.79 Å². The van der Waals surface area contributed by atoms with Gasteiger partial charge in [0.1, 0.15) is 0 Å². The van der Waals surface area contributed by atoms with Gasteiger partial charge in [0.25, 0.3) is 0 Å². The van der Waals surface area contributed by atoms with Gasteiger partial charge in [0.2, 0.25) is 6.41 Å². The van der Waals surface area contributed by atoms with Gasteiger partial charge < -0.3 is 5.32 Å². The first-order chi connectivity index (χ1) is 6.70. The molecule has 0 aromatic heterocycles. The van der Waals surface area contributed by atoms with Crippen LogP contribution in [0.2, 0.25) is 0 Å². The highest BCUT2D eigenvalue weighted by Crippen LogP contribution is 2.12. The number of unbranched alkanes of at least 4 members (excludes halogenated alkanes) is 3. The minimum atomic E-state index is 0.393. The second kappa shape index (κ2) is 9.04. The lowest BCUT2D eigenvalue weighted by Crippen LogP contribution is -2.29. The van der Waals surface area contributed by atoms with Gasteiger partial charge in [0.15, 0.2) is 0 Å². The Kier molecular flexibility index (Phi) is 8.70. The molecule has 0 rings (SSSR count). The van der Waals surface area contributed by atoms with Crippen molar-refractivity contribution in [2.45, 2.75) is 65.3 Å². The fraction of sp³-hybridized carbons (Fsp3) is 0.917. The summed E-state index contributed by atoms with van der Waals surface area (Å²) >= 11 is 0. The van der Waals surface area contributed by atoms with E-state index in [1.807, 2.05) is 0 Å². The second-order valence-electron chi connectivity index (χ2n) is 4.46. The van der Waals surface area contributed by atoms with Crippen molar-refractivity contribution in [2.75, 3.05) is 0 Å². The van der Waals surface area contributed by atoms with Crippen molar-refractivity contribution >= 4 is 6.41 Å².